The average molecular weight is 491 g/mol. The largest absolute Gasteiger partial charge is 0.463 e. The molecule has 0 atom stereocenters. The maximum absolute atomic E-state index is 12.6. The van der Waals surface area contributed by atoms with E-state index in [1.165, 1.54) is 17.0 Å². The number of thioether (sulfide) groups is 1. The Kier molecular flexibility index (Phi) is 7.45. The van der Waals surface area contributed by atoms with Gasteiger partial charge in [-0.3, -0.25) is 14.9 Å². The molecule has 0 aliphatic heterocycles. The molecule has 0 amide bonds. The van der Waals surface area contributed by atoms with Crippen LogP contribution in [0.4, 0.5) is 5.69 Å². The quantitative estimate of drug-likeness (QED) is 0.110. The number of hydrogen-bond donors (Lipinski definition) is 0. The second-order valence-corrected chi connectivity index (χ2v) is 9.76. The minimum absolute atomic E-state index is 0.0807. The fraction of sp³-hybridized carbons (Fsp3) is 0.321. The van der Waals surface area contributed by atoms with Crippen LogP contribution in [0.25, 0.3) is 21.8 Å². The number of nitro benzene ring substituents is 1. The minimum atomic E-state index is -0.361. The van der Waals surface area contributed by atoms with Crippen molar-refractivity contribution >= 4 is 45.2 Å². The Morgan fingerprint density at radius 3 is 2.57 bits per heavy atom. The summed E-state index contributed by atoms with van der Waals surface area (Å²) in [5.74, 6) is -0.238. The number of carbonyl (C=O) groups is 1. The summed E-state index contributed by atoms with van der Waals surface area (Å²) in [6.07, 6.45) is 3.94. The molecule has 0 N–H and O–H groups in total. The predicted molar refractivity (Wildman–Crippen MR) is 142 cm³/mol. The van der Waals surface area contributed by atoms with Crippen LogP contribution in [0.3, 0.4) is 0 Å². The molecule has 1 heterocycles. The van der Waals surface area contributed by atoms with E-state index in [0.29, 0.717) is 6.54 Å². The zero-order chi connectivity index (χ0) is 25.1. The molecule has 0 aliphatic rings. The van der Waals surface area contributed by atoms with Gasteiger partial charge in [-0.25, -0.2) is 0 Å². The number of benzene rings is 3. The van der Waals surface area contributed by atoms with Crippen LogP contribution in [0.15, 0.2) is 59.5 Å². The van der Waals surface area contributed by atoms with Gasteiger partial charge in [0.2, 0.25) is 0 Å². The predicted octanol–water partition coefficient (Wildman–Crippen LogP) is 6.92. The Morgan fingerprint density at radius 1 is 1.11 bits per heavy atom. The maximum atomic E-state index is 12.6. The highest BCUT2D eigenvalue weighted by molar-refractivity contribution is 7.98. The number of nitrogens with zero attached hydrogens (tertiary/aromatic N) is 2. The minimum Gasteiger partial charge on any atom is -0.463 e. The van der Waals surface area contributed by atoms with Gasteiger partial charge in [-0.05, 0) is 49.3 Å². The van der Waals surface area contributed by atoms with Crippen LogP contribution >= 0.6 is 11.8 Å². The van der Waals surface area contributed by atoms with E-state index < -0.39 is 0 Å². The number of para-hydroxylation sites is 1. The number of esters is 1. The first-order valence-electron chi connectivity index (χ1n) is 11.9. The second-order valence-electron chi connectivity index (χ2n) is 8.95. The molecule has 6 nitrogen and oxygen atoms in total. The number of carbonyl (C=O) groups excluding carboxylic acids is 1. The van der Waals surface area contributed by atoms with Crippen molar-refractivity contribution in [1.29, 1.82) is 0 Å². The summed E-state index contributed by atoms with van der Waals surface area (Å²) < 4.78 is 7.71. The van der Waals surface area contributed by atoms with Gasteiger partial charge >= 0.3 is 5.97 Å². The Balaban J connectivity index is 1.99. The smallest absolute Gasteiger partial charge is 0.310 e. The Labute approximate surface area is 209 Å². The third-order valence-electron chi connectivity index (χ3n) is 6.03. The number of rotatable bonds is 9. The molecule has 0 fully saturated rings. The highest BCUT2D eigenvalue weighted by Gasteiger charge is 2.22. The van der Waals surface area contributed by atoms with E-state index in [-0.39, 0.29) is 29.1 Å². The molecular weight excluding hydrogens is 460 g/mol. The first-order valence-corrected chi connectivity index (χ1v) is 13.1. The first-order chi connectivity index (χ1) is 16.8. The van der Waals surface area contributed by atoms with Crippen molar-refractivity contribution < 1.29 is 14.5 Å². The highest BCUT2D eigenvalue weighted by atomic mass is 32.2. The van der Waals surface area contributed by atoms with Crippen molar-refractivity contribution in [2.75, 3.05) is 6.26 Å². The van der Waals surface area contributed by atoms with Gasteiger partial charge in [-0.15, -0.1) is 11.8 Å². The number of aromatic nitrogens is 1. The van der Waals surface area contributed by atoms with Crippen LogP contribution in [0, 0.1) is 10.1 Å². The summed E-state index contributed by atoms with van der Waals surface area (Å²) in [7, 11) is 0. The van der Waals surface area contributed by atoms with E-state index in [1.54, 1.807) is 23.9 Å². The standard InChI is InChI=1S/C28H30N2O4S/c1-5-9-20-15-21(16-25(31)34-18(2)3)28(35-4)27-26(20)23-12-6-7-13-24(23)29(27)17-19-10-8-11-22(14-19)30(32)33/h6-8,10-15,18H,5,9,16-17H2,1-4H3. The summed E-state index contributed by atoms with van der Waals surface area (Å²) in [6, 6.07) is 17.3. The molecule has 3 aromatic carbocycles. The molecule has 35 heavy (non-hydrogen) atoms. The lowest BCUT2D eigenvalue weighted by Crippen LogP contribution is -2.14. The van der Waals surface area contributed by atoms with Crippen LogP contribution in [0.5, 0.6) is 0 Å². The zero-order valence-electron chi connectivity index (χ0n) is 20.5. The Morgan fingerprint density at radius 2 is 1.89 bits per heavy atom. The summed E-state index contributed by atoms with van der Waals surface area (Å²) in [4.78, 5) is 24.7. The molecule has 0 radical (unpaired) electrons. The van der Waals surface area contributed by atoms with E-state index in [4.69, 9.17) is 4.74 Å². The van der Waals surface area contributed by atoms with Gasteiger partial charge in [-0.2, -0.15) is 0 Å². The number of non-ortho nitro benzene ring substituents is 1. The molecule has 0 saturated carbocycles. The molecule has 0 bridgehead atoms. The van der Waals surface area contributed by atoms with Crippen molar-refractivity contribution in [3.63, 3.8) is 0 Å². The Hall–Kier alpha value is -3.32. The van der Waals surface area contributed by atoms with Crippen molar-refractivity contribution in [3.8, 4) is 0 Å². The Bertz CT molecular complexity index is 1410. The fourth-order valence-corrected chi connectivity index (χ4v) is 5.56. The molecule has 0 aliphatic carbocycles. The van der Waals surface area contributed by atoms with Gasteiger partial charge in [0.25, 0.3) is 5.69 Å². The van der Waals surface area contributed by atoms with E-state index in [1.807, 2.05) is 38.3 Å². The normalized spacial score (nSPS) is 11.5. The molecule has 0 unspecified atom stereocenters. The number of hydrogen-bond acceptors (Lipinski definition) is 5. The van der Waals surface area contributed by atoms with Crippen molar-refractivity contribution in [2.24, 2.45) is 0 Å². The summed E-state index contributed by atoms with van der Waals surface area (Å²) in [5.41, 5.74) is 5.25. The lowest BCUT2D eigenvalue weighted by atomic mass is 9.98. The van der Waals surface area contributed by atoms with Gasteiger partial charge in [0.05, 0.1) is 23.0 Å². The maximum Gasteiger partial charge on any atom is 0.310 e. The van der Waals surface area contributed by atoms with Crippen LogP contribution in [-0.2, 0) is 28.9 Å². The van der Waals surface area contributed by atoms with E-state index >= 15 is 0 Å². The van der Waals surface area contributed by atoms with Crippen molar-refractivity contribution in [1.82, 2.24) is 4.57 Å². The third-order valence-corrected chi connectivity index (χ3v) is 6.90. The monoisotopic (exact) mass is 490 g/mol. The number of aryl methyl sites for hydroxylation is 1. The highest BCUT2D eigenvalue weighted by Crippen LogP contribution is 2.40. The summed E-state index contributed by atoms with van der Waals surface area (Å²) in [6.45, 7) is 6.36. The van der Waals surface area contributed by atoms with Gasteiger partial charge in [-0.1, -0.05) is 49.7 Å². The molecule has 7 heteroatoms. The molecular formula is C28H30N2O4S. The number of nitro groups is 1. The van der Waals surface area contributed by atoms with Crippen molar-refractivity contribution in [2.45, 2.75) is 57.6 Å². The van der Waals surface area contributed by atoms with Gasteiger partial charge in [0.1, 0.15) is 0 Å². The SMILES string of the molecule is CCCc1cc(CC(=O)OC(C)C)c(SC)c2c1c1ccccc1n2Cc1cccc([N+](=O)[O-])c1. The van der Waals surface area contributed by atoms with E-state index in [9.17, 15) is 14.9 Å². The molecule has 182 valence electrons. The fourth-order valence-electron chi connectivity index (χ4n) is 4.77. The van der Waals surface area contributed by atoms with E-state index in [0.717, 1.165) is 45.3 Å². The second kappa shape index (κ2) is 10.5. The topological polar surface area (TPSA) is 74.4 Å². The number of ether oxygens (including phenoxy) is 1. The lowest BCUT2D eigenvalue weighted by Gasteiger charge is -2.16. The first kappa shape index (κ1) is 24.8. The summed E-state index contributed by atoms with van der Waals surface area (Å²) in [5, 5.41) is 13.7. The van der Waals surface area contributed by atoms with Crippen LogP contribution in [-0.4, -0.2) is 27.8 Å². The van der Waals surface area contributed by atoms with Gasteiger partial charge < -0.3 is 9.30 Å². The summed E-state index contributed by atoms with van der Waals surface area (Å²) >= 11 is 1.62. The molecule has 0 spiro atoms. The van der Waals surface area contributed by atoms with Gasteiger partial charge in [0, 0.05) is 39.9 Å². The zero-order valence-corrected chi connectivity index (χ0v) is 21.4. The molecule has 4 rings (SSSR count). The molecule has 0 saturated heterocycles. The lowest BCUT2D eigenvalue weighted by molar-refractivity contribution is -0.384. The number of fused-ring (bicyclic) bond motifs is 3. The van der Waals surface area contributed by atoms with Gasteiger partial charge in [0.15, 0.2) is 0 Å². The van der Waals surface area contributed by atoms with Crippen LogP contribution in [0.2, 0.25) is 0 Å². The molecule has 4 aromatic rings. The third kappa shape index (κ3) is 5.05. The molecule has 1 aromatic heterocycles. The van der Waals surface area contributed by atoms with Crippen LogP contribution < -0.4 is 0 Å². The van der Waals surface area contributed by atoms with Crippen LogP contribution in [0.1, 0.15) is 43.9 Å². The average Bonchev–Trinajstić information content (AvgIpc) is 3.13. The van der Waals surface area contributed by atoms with E-state index in [2.05, 4.69) is 29.7 Å². The van der Waals surface area contributed by atoms with Crippen molar-refractivity contribution in [3.05, 3.63) is 81.4 Å².